The molecule has 0 saturated heterocycles. The topological polar surface area (TPSA) is 56.0 Å². The van der Waals surface area contributed by atoms with Crippen molar-refractivity contribution in [3.05, 3.63) is 29.8 Å². The first-order valence-electron chi connectivity index (χ1n) is 2.62. The Morgan fingerprint density at radius 1 is 1.60 bits per heavy atom. The first kappa shape index (κ1) is 6.67. The van der Waals surface area contributed by atoms with Gasteiger partial charge in [0.15, 0.2) is 0 Å². The number of primary amides is 1. The zero-order valence-electron chi connectivity index (χ0n) is 5.04. The first-order chi connectivity index (χ1) is 4.70. The molecule has 0 unspecified atom stereocenters. The van der Waals surface area contributed by atoms with E-state index in [2.05, 4.69) is 4.98 Å². The number of rotatable bonds is 1. The van der Waals surface area contributed by atoms with Crippen LogP contribution in [-0.4, -0.2) is 10.9 Å². The number of aromatic nitrogens is 1. The van der Waals surface area contributed by atoms with Crippen LogP contribution in [0.4, 0.5) is 4.39 Å². The molecule has 0 aliphatic carbocycles. The van der Waals surface area contributed by atoms with Gasteiger partial charge in [0.05, 0.1) is 0 Å². The van der Waals surface area contributed by atoms with E-state index in [1.165, 1.54) is 12.1 Å². The van der Waals surface area contributed by atoms with Gasteiger partial charge in [0.25, 0.3) is 5.91 Å². The van der Waals surface area contributed by atoms with Gasteiger partial charge in [-0.25, -0.2) is 4.98 Å². The van der Waals surface area contributed by atoms with Crippen molar-refractivity contribution in [3.63, 3.8) is 0 Å². The summed E-state index contributed by atoms with van der Waals surface area (Å²) in [5.41, 5.74) is 4.76. The van der Waals surface area contributed by atoms with Crippen molar-refractivity contribution in [1.29, 1.82) is 0 Å². The molecular weight excluding hydrogens is 135 g/mol. The van der Waals surface area contributed by atoms with Crippen LogP contribution in [0.3, 0.4) is 0 Å². The molecule has 1 amide bonds. The molecule has 0 aliphatic heterocycles. The van der Waals surface area contributed by atoms with Gasteiger partial charge in [-0.1, -0.05) is 6.07 Å². The molecule has 0 bridgehead atoms. The third kappa shape index (κ3) is 1.28. The van der Waals surface area contributed by atoms with E-state index in [1.54, 1.807) is 0 Å². The molecule has 0 saturated carbocycles. The van der Waals surface area contributed by atoms with E-state index in [-0.39, 0.29) is 5.69 Å². The molecule has 0 fully saturated rings. The Morgan fingerprint density at radius 3 is 2.70 bits per heavy atom. The number of nitrogens with zero attached hydrogens (tertiary/aromatic N) is 1. The fourth-order valence-electron chi connectivity index (χ4n) is 0.545. The number of amides is 1. The second-order valence-corrected chi connectivity index (χ2v) is 1.71. The highest BCUT2D eigenvalue weighted by atomic mass is 19.1. The van der Waals surface area contributed by atoms with Crippen LogP contribution in [0, 0.1) is 5.95 Å². The minimum Gasteiger partial charge on any atom is -0.364 e. The Balaban J connectivity index is 3.07. The van der Waals surface area contributed by atoms with Crippen molar-refractivity contribution in [2.45, 2.75) is 0 Å². The van der Waals surface area contributed by atoms with Crippen LogP contribution in [0.2, 0.25) is 0 Å². The van der Waals surface area contributed by atoms with E-state index in [1.807, 2.05) is 0 Å². The Morgan fingerprint density at radius 2 is 2.30 bits per heavy atom. The van der Waals surface area contributed by atoms with E-state index >= 15 is 0 Å². The van der Waals surface area contributed by atoms with Gasteiger partial charge in [-0.2, -0.15) is 4.39 Å². The Kier molecular flexibility index (Phi) is 1.62. The van der Waals surface area contributed by atoms with Crippen molar-refractivity contribution >= 4 is 5.91 Å². The predicted molar refractivity (Wildman–Crippen MR) is 32.7 cm³/mol. The summed E-state index contributed by atoms with van der Waals surface area (Å²) in [7, 11) is 0. The molecule has 0 aliphatic rings. The molecule has 3 nitrogen and oxygen atoms in total. The summed E-state index contributed by atoms with van der Waals surface area (Å²) in [6, 6.07) is 3.88. The molecule has 52 valence electrons. The summed E-state index contributed by atoms with van der Waals surface area (Å²) < 4.78 is 12.2. The molecule has 10 heavy (non-hydrogen) atoms. The SMILES string of the molecule is NC(=O)c1cccc(F)n1. The van der Waals surface area contributed by atoms with E-state index in [0.29, 0.717) is 0 Å². The summed E-state index contributed by atoms with van der Waals surface area (Å²) in [6.07, 6.45) is 0. The number of hydrogen-bond donors (Lipinski definition) is 1. The molecule has 4 heteroatoms. The maximum Gasteiger partial charge on any atom is 0.267 e. The third-order valence-corrected chi connectivity index (χ3v) is 0.968. The van der Waals surface area contributed by atoms with Crippen LogP contribution >= 0.6 is 0 Å². The summed E-state index contributed by atoms with van der Waals surface area (Å²) in [4.78, 5) is 13.6. The molecule has 1 rings (SSSR count). The van der Waals surface area contributed by atoms with Crippen LogP contribution < -0.4 is 5.73 Å². The van der Waals surface area contributed by atoms with Crippen molar-refractivity contribution in [2.75, 3.05) is 0 Å². The van der Waals surface area contributed by atoms with E-state index < -0.39 is 11.9 Å². The Hall–Kier alpha value is -1.45. The van der Waals surface area contributed by atoms with Crippen LogP contribution in [-0.2, 0) is 0 Å². The van der Waals surface area contributed by atoms with Gasteiger partial charge in [0.2, 0.25) is 5.95 Å². The summed E-state index contributed by atoms with van der Waals surface area (Å²) in [5.74, 6) is -1.42. The maximum atomic E-state index is 12.2. The Labute approximate surface area is 56.7 Å². The highest BCUT2D eigenvalue weighted by Gasteiger charge is 2.00. The zero-order valence-corrected chi connectivity index (χ0v) is 5.04. The third-order valence-electron chi connectivity index (χ3n) is 0.968. The maximum absolute atomic E-state index is 12.2. The number of nitrogens with two attached hydrogens (primary N) is 1. The average molecular weight is 140 g/mol. The molecule has 1 aromatic heterocycles. The van der Waals surface area contributed by atoms with Crippen molar-refractivity contribution in [2.24, 2.45) is 5.73 Å². The van der Waals surface area contributed by atoms with Crippen molar-refractivity contribution < 1.29 is 9.18 Å². The first-order valence-corrected chi connectivity index (χ1v) is 2.62. The highest BCUT2D eigenvalue weighted by molar-refractivity contribution is 5.90. The van der Waals surface area contributed by atoms with Crippen molar-refractivity contribution in [3.8, 4) is 0 Å². The van der Waals surface area contributed by atoms with Crippen LogP contribution in [0.5, 0.6) is 0 Å². The smallest absolute Gasteiger partial charge is 0.267 e. The quantitative estimate of drug-likeness (QED) is 0.571. The van der Waals surface area contributed by atoms with Crippen molar-refractivity contribution in [1.82, 2.24) is 4.98 Å². The Bertz CT molecular complexity index is 262. The number of hydrogen-bond acceptors (Lipinski definition) is 2. The van der Waals surface area contributed by atoms with E-state index in [9.17, 15) is 9.18 Å². The molecule has 0 aromatic carbocycles. The molecule has 0 spiro atoms. The van der Waals surface area contributed by atoms with Gasteiger partial charge in [-0.15, -0.1) is 0 Å². The lowest BCUT2D eigenvalue weighted by Gasteiger charge is -1.91. The minimum absolute atomic E-state index is 0.0556. The van der Waals surface area contributed by atoms with Crippen LogP contribution in [0.15, 0.2) is 18.2 Å². The van der Waals surface area contributed by atoms with Gasteiger partial charge in [0.1, 0.15) is 5.69 Å². The standard InChI is InChI=1S/C6H5FN2O/c7-5-3-1-2-4(9-5)6(8)10/h1-3H,(H2,8,10). The lowest BCUT2D eigenvalue weighted by molar-refractivity contribution is 0.0994. The molecule has 1 heterocycles. The largest absolute Gasteiger partial charge is 0.364 e. The van der Waals surface area contributed by atoms with Gasteiger partial charge in [0, 0.05) is 0 Å². The molecule has 2 N–H and O–H groups in total. The summed E-state index contributed by atoms with van der Waals surface area (Å²) in [6.45, 7) is 0. The summed E-state index contributed by atoms with van der Waals surface area (Å²) in [5, 5.41) is 0. The van der Waals surface area contributed by atoms with Gasteiger partial charge in [-0.3, -0.25) is 4.79 Å². The predicted octanol–water partition coefficient (Wildman–Crippen LogP) is 0.320. The second kappa shape index (κ2) is 2.43. The fraction of sp³-hybridized carbons (Fsp3) is 0. The number of halogens is 1. The zero-order chi connectivity index (χ0) is 7.56. The lowest BCUT2D eigenvalue weighted by atomic mass is 10.3. The van der Waals surface area contributed by atoms with Gasteiger partial charge >= 0.3 is 0 Å². The number of carbonyl (C=O) groups is 1. The average Bonchev–Trinajstić information content (AvgIpc) is 1.88. The van der Waals surface area contributed by atoms with Crippen LogP contribution in [0.25, 0.3) is 0 Å². The minimum atomic E-state index is -0.723. The van der Waals surface area contributed by atoms with Gasteiger partial charge in [-0.05, 0) is 12.1 Å². The molecule has 0 atom stereocenters. The monoisotopic (exact) mass is 140 g/mol. The van der Waals surface area contributed by atoms with E-state index in [4.69, 9.17) is 5.73 Å². The second-order valence-electron chi connectivity index (χ2n) is 1.71. The lowest BCUT2D eigenvalue weighted by Crippen LogP contribution is -2.13. The molecule has 0 radical (unpaired) electrons. The van der Waals surface area contributed by atoms with Gasteiger partial charge < -0.3 is 5.73 Å². The highest BCUT2D eigenvalue weighted by Crippen LogP contribution is 1.95. The van der Waals surface area contributed by atoms with E-state index in [0.717, 1.165) is 6.07 Å². The number of pyridine rings is 1. The molecule has 1 aromatic rings. The normalized spacial score (nSPS) is 9.30. The fourth-order valence-corrected chi connectivity index (χ4v) is 0.545. The number of carbonyl (C=O) groups excluding carboxylic acids is 1. The molecular formula is C6H5FN2O. The van der Waals surface area contributed by atoms with Crippen LogP contribution in [0.1, 0.15) is 10.5 Å². The summed E-state index contributed by atoms with van der Waals surface area (Å²) >= 11 is 0.